The Bertz CT molecular complexity index is 1650. The van der Waals surface area contributed by atoms with E-state index in [9.17, 15) is 34.2 Å². The molecule has 4 unspecified atom stereocenters. The molecule has 4 rings (SSSR count). The molecule has 4 aromatic rings. The number of carboxylic acid groups (broad SMARTS) is 1. The molecule has 45 heavy (non-hydrogen) atoms. The van der Waals surface area contributed by atoms with Gasteiger partial charge < -0.3 is 47.6 Å². The number of fused-ring (bicyclic) bond motifs is 1. The van der Waals surface area contributed by atoms with Gasteiger partial charge in [-0.2, -0.15) is 0 Å². The highest BCUT2D eigenvalue weighted by molar-refractivity contribution is 5.96. The number of benzene rings is 2. The molecule has 15 heteroatoms. The second-order valence-corrected chi connectivity index (χ2v) is 10.5. The Kier molecular flexibility index (Phi) is 10.5. The molecule has 0 saturated carbocycles. The number of phenols is 1. The Balaban J connectivity index is 1.50. The SMILES string of the molecule is NC(=O)CC(NC(=O)C(Cc1ccc(O)cc1)NC(=O)C(N)Cc1c[nH]c2ccccc12)C(=O)NC(Cc1cnc[nH]1)C(=O)O. The largest absolute Gasteiger partial charge is 0.508 e. The van der Waals surface area contributed by atoms with Crippen molar-refractivity contribution in [1.29, 1.82) is 0 Å². The van der Waals surface area contributed by atoms with Gasteiger partial charge in [0.15, 0.2) is 0 Å². The molecule has 4 atom stereocenters. The number of carbonyl (C=O) groups excluding carboxylic acids is 4. The standard InChI is InChI=1S/C30H34N8O7/c31-21(10-17-13-34-22-4-2-1-3-20(17)22)27(41)36-23(9-16-5-7-19(39)8-6-16)28(42)37-24(12-26(32)40)29(43)38-25(30(44)45)11-18-14-33-15-35-18/h1-8,13-15,21,23-25,34,39H,9-12,31H2,(H2,32,40)(H,33,35)(H,36,41)(H,37,42)(H,38,43)(H,44,45). The molecular weight excluding hydrogens is 584 g/mol. The Morgan fingerprint density at radius 3 is 2.16 bits per heavy atom. The smallest absolute Gasteiger partial charge is 0.326 e. The van der Waals surface area contributed by atoms with Gasteiger partial charge in [0.05, 0.1) is 18.8 Å². The number of aromatic amines is 2. The molecular formula is C30H34N8O7. The van der Waals surface area contributed by atoms with Crippen molar-refractivity contribution < 1.29 is 34.2 Å². The maximum atomic E-state index is 13.6. The van der Waals surface area contributed by atoms with E-state index in [1.807, 2.05) is 24.3 Å². The third-order valence-electron chi connectivity index (χ3n) is 7.09. The first-order chi connectivity index (χ1) is 21.5. The summed E-state index contributed by atoms with van der Waals surface area (Å²) in [5.41, 5.74) is 14.2. The molecule has 15 nitrogen and oxygen atoms in total. The molecule has 236 valence electrons. The molecule has 0 aliphatic rings. The number of carboxylic acids is 1. The van der Waals surface area contributed by atoms with E-state index < -0.39 is 60.2 Å². The number of hydrogen-bond acceptors (Lipinski definition) is 8. The van der Waals surface area contributed by atoms with Crippen LogP contribution in [0.15, 0.2) is 67.3 Å². The van der Waals surface area contributed by atoms with Gasteiger partial charge in [-0.15, -0.1) is 0 Å². The Morgan fingerprint density at radius 2 is 1.49 bits per heavy atom. The third-order valence-corrected chi connectivity index (χ3v) is 7.09. The van der Waals surface area contributed by atoms with E-state index >= 15 is 0 Å². The normalized spacial score (nSPS) is 13.7. The van der Waals surface area contributed by atoms with Crippen LogP contribution in [0.25, 0.3) is 10.9 Å². The second-order valence-electron chi connectivity index (χ2n) is 10.5. The van der Waals surface area contributed by atoms with Crippen LogP contribution in [0.4, 0.5) is 0 Å². The number of rotatable bonds is 15. The summed E-state index contributed by atoms with van der Waals surface area (Å²) < 4.78 is 0. The summed E-state index contributed by atoms with van der Waals surface area (Å²) in [6.45, 7) is 0. The number of carbonyl (C=O) groups is 5. The topological polar surface area (TPSA) is 258 Å². The molecule has 0 aliphatic carbocycles. The molecule has 0 saturated heterocycles. The number of aliphatic carboxylic acids is 1. The number of H-pyrrole nitrogens is 2. The fraction of sp³-hybridized carbons (Fsp3) is 0.267. The summed E-state index contributed by atoms with van der Waals surface area (Å²) >= 11 is 0. The van der Waals surface area contributed by atoms with E-state index in [1.54, 1.807) is 18.3 Å². The Labute approximate surface area is 256 Å². The molecule has 11 N–H and O–H groups in total. The zero-order chi connectivity index (χ0) is 32.5. The first kappa shape index (κ1) is 32.2. The van der Waals surface area contributed by atoms with Crippen LogP contribution in [0.5, 0.6) is 5.75 Å². The molecule has 2 aromatic heterocycles. The summed E-state index contributed by atoms with van der Waals surface area (Å²) in [5.74, 6) is -4.77. The number of hydrogen-bond donors (Lipinski definition) is 9. The van der Waals surface area contributed by atoms with Gasteiger partial charge in [0.1, 0.15) is 23.9 Å². The van der Waals surface area contributed by atoms with Gasteiger partial charge in [0, 0.05) is 41.8 Å². The van der Waals surface area contributed by atoms with Crippen molar-refractivity contribution >= 4 is 40.5 Å². The van der Waals surface area contributed by atoms with Gasteiger partial charge in [0.25, 0.3) is 0 Å². The van der Waals surface area contributed by atoms with Crippen LogP contribution in [-0.2, 0) is 43.2 Å². The molecule has 0 fully saturated rings. The Hall–Kier alpha value is -5.70. The van der Waals surface area contributed by atoms with Crippen molar-refractivity contribution in [3.8, 4) is 5.75 Å². The van der Waals surface area contributed by atoms with E-state index in [2.05, 4.69) is 30.9 Å². The number of para-hydroxylation sites is 1. The number of nitrogens with two attached hydrogens (primary N) is 2. The fourth-order valence-corrected chi connectivity index (χ4v) is 4.76. The molecule has 0 spiro atoms. The van der Waals surface area contributed by atoms with E-state index in [4.69, 9.17) is 11.5 Å². The number of imidazole rings is 1. The van der Waals surface area contributed by atoms with Gasteiger partial charge in [-0.3, -0.25) is 19.2 Å². The fourth-order valence-electron chi connectivity index (χ4n) is 4.76. The maximum Gasteiger partial charge on any atom is 0.326 e. The summed E-state index contributed by atoms with van der Waals surface area (Å²) in [7, 11) is 0. The molecule has 2 aromatic carbocycles. The van der Waals surface area contributed by atoms with Crippen LogP contribution in [0.1, 0.15) is 23.2 Å². The van der Waals surface area contributed by atoms with Gasteiger partial charge in [0.2, 0.25) is 23.6 Å². The Morgan fingerprint density at radius 1 is 0.822 bits per heavy atom. The highest BCUT2D eigenvalue weighted by Crippen LogP contribution is 2.19. The minimum Gasteiger partial charge on any atom is -0.508 e. The zero-order valence-electron chi connectivity index (χ0n) is 24.0. The van der Waals surface area contributed by atoms with Crippen molar-refractivity contribution in [1.82, 2.24) is 30.9 Å². The highest BCUT2D eigenvalue weighted by atomic mass is 16.4. The minimum absolute atomic E-state index is 0.00848. The average molecular weight is 619 g/mol. The summed E-state index contributed by atoms with van der Waals surface area (Å²) in [6, 6.07) is 8.11. The van der Waals surface area contributed by atoms with E-state index in [1.165, 1.54) is 24.7 Å². The number of phenolic OH excluding ortho intramolecular Hbond substituents is 1. The number of nitrogens with one attached hydrogen (secondary N) is 5. The predicted molar refractivity (Wildman–Crippen MR) is 161 cm³/mol. The third kappa shape index (κ3) is 8.90. The summed E-state index contributed by atoms with van der Waals surface area (Å²) in [5, 5.41) is 27.6. The first-order valence-electron chi connectivity index (χ1n) is 14.0. The van der Waals surface area contributed by atoms with Gasteiger partial charge in [-0.05, 0) is 35.7 Å². The van der Waals surface area contributed by atoms with Crippen LogP contribution >= 0.6 is 0 Å². The minimum atomic E-state index is -1.56. The lowest BCUT2D eigenvalue weighted by Gasteiger charge is -2.25. The average Bonchev–Trinajstić information content (AvgIpc) is 3.67. The molecule has 0 bridgehead atoms. The van der Waals surface area contributed by atoms with Gasteiger partial charge in [-0.1, -0.05) is 30.3 Å². The number of aromatic hydroxyl groups is 1. The predicted octanol–water partition coefficient (Wildman–Crippen LogP) is -0.634. The second kappa shape index (κ2) is 14.7. The van der Waals surface area contributed by atoms with Gasteiger partial charge >= 0.3 is 5.97 Å². The lowest BCUT2D eigenvalue weighted by atomic mass is 10.0. The molecule has 0 radical (unpaired) electrons. The first-order valence-corrected chi connectivity index (χ1v) is 14.0. The monoisotopic (exact) mass is 618 g/mol. The van der Waals surface area contributed by atoms with Crippen molar-refractivity contribution in [3.63, 3.8) is 0 Å². The van der Waals surface area contributed by atoms with Crippen LogP contribution in [0.2, 0.25) is 0 Å². The maximum absolute atomic E-state index is 13.6. The lowest BCUT2D eigenvalue weighted by molar-refractivity contribution is -0.142. The van der Waals surface area contributed by atoms with Gasteiger partial charge in [-0.25, -0.2) is 9.78 Å². The molecule has 0 aliphatic heterocycles. The van der Waals surface area contributed by atoms with Crippen LogP contribution in [0, 0.1) is 0 Å². The zero-order valence-corrected chi connectivity index (χ0v) is 24.0. The van der Waals surface area contributed by atoms with Crippen molar-refractivity contribution in [2.75, 3.05) is 0 Å². The number of aromatic nitrogens is 3. The number of primary amides is 1. The van der Waals surface area contributed by atoms with Crippen molar-refractivity contribution in [2.24, 2.45) is 11.5 Å². The number of amides is 4. The number of nitrogens with zero attached hydrogens (tertiary/aromatic N) is 1. The van der Waals surface area contributed by atoms with Crippen LogP contribution in [0.3, 0.4) is 0 Å². The molecule has 2 heterocycles. The van der Waals surface area contributed by atoms with Crippen molar-refractivity contribution in [3.05, 3.63) is 84.1 Å². The van der Waals surface area contributed by atoms with E-state index in [0.29, 0.717) is 11.3 Å². The van der Waals surface area contributed by atoms with Crippen LogP contribution < -0.4 is 27.4 Å². The van der Waals surface area contributed by atoms with E-state index in [-0.39, 0.29) is 25.0 Å². The van der Waals surface area contributed by atoms with Crippen molar-refractivity contribution in [2.45, 2.75) is 49.9 Å². The quantitative estimate of drug-likeness (QED) is 0.0820. The van der Waals surface area contributed by atoms with E-state index in [0.717, 1.165) is 16.5 Å². The molecule has 4 amide bonds. The highest BCUT2D eigenvalue weighted by Gasteiger charge is 2.32. The lowest BCUT2D eigenvalue weighted by Crippen LogP contribution is -2.58. The summed E-state index contributed by atoms with van der Waals surface area (Å²) in [6.07, 6.45) is 3.79. The van der Waals surface area contributed by atoms with Crippen LogP contribution in [-0.4, -0.2) is 78.9 Å². The summed E-state index contributed by atoms with van der Waals surface area (Å²) in [4.78, 5) is 73.3.